The first-order chi connectivity index (χ1) is 16.1. The van der Waals surface area contributed by atoms with Crippen LogP contribution in [0.25, 0.3) is 21.5 Å². The molecule has 0 N–H and O–H groups in total. The fourth-order valence-electron chi connectivity index (χ4n) is 5.09. The predicted octanol–water partition coefficient (Wildman–Crippen LogP) is 5.60. The molecule has 4 aromatic carbocycles. The average molecular weight is 444 g/mol. The van der Waals surface area contributed by atoms with Crippen molar-refractivity contribution in [2.75, 3.05) is 42.0 Å². The van der Waals surface area contributed by atoms with Crippen molar-refractivity contribution in [2.24, 2.45) is 0 Å². The molecular weight excluding hydrogens is 414 g/mol. The summed E-state index contributed by atoms with van der Waals surface area (Å²) in [4.78, 5) is 2.42. The van der Waals surface area contributed by atoms with E-state index in [1.165, 1.54) is 27.5 Å². The van der Waals surface area contributed by atoms with Crippen molar-refractivity contribution in [3.05, 3.63) is 71.3 Å². The van der Waals surface area contributed by atoms with Gasteiger partial charge in [-0.1, -0.05) is 12.1 Å². The molecule has 1 aliphatic heterocycles. The van der Waals surface area contributed by atoms with Crippen LogP contribution in [-0.2, 0) is 6.42 Å². The number of rotatable bonds is 5. The maximum Gasteiger partial charge on any atom is 0.161 e. The lowest BCUT2D eigenvalue weighted by molar-refractivity contribution is 0.264. The summed E-state index contributed by atoms with van der Waals surface area (Å²) in [5, 5.41) is 4.68. The molecule has 0 aromatic heterocycles. The molecule has 0 radical (unpaired) electrons. The Morgan fingerprint density at radius 3 is 2.03 bits per heavy atom. The number of ether oxygens (including phenoxy) is 4. The Kier molecular flexibility index (Phi) is 5.51. The van der Waals surface area contributed by atoms with E-state index in [0.717, 1.165) is 46.7 Å². The molecule has 4 aromatic rings. The summed E-state index contributed by atoms with van der Waals surface area (Å²) in [6, 6.07) is 19.3. The molecule has 0 spiro atoms. The number of hydrogen-bond acceptors (Lipinski definition) is 5. The van der Waals surface area contributed by atoms with Crippen LogP contribution in [0.5, 0.6) is 23.0 Å². The van der Waals surface area contributed by atoms with E-state index in [2.05, 4.69) is 54.4 Å². The van der Waals surface area contributed by atoms with E-state index < -0.39 is 0 Å². The number of nitrogens with zero attached hydrogens (tertiary/aromatic N) is 1. The molecule has 5 nitrogen and oxygen atoms in total. The minimum atomic E-state index is 0.0935. The van der Waals surface area contributed by atoms with Gasteiger partial charge in [0.05, 0.1) is 34.5 Å². The summed E-state index contributed by atoms with van der Waals surface area (Å²) in [6.07, 6.45) is 0.971. The second kappa shape index (κ2) is 8.49. The molecule has 0 saturated heterocycles. The zero-order valence-electron chi connectivity index (χ0n) is 19.8. The van der Waals surface area contributed by atoms with Crippen molar-refractivity contribution in [2.45, 2.75) is 12.5 Å². The molecule has 1 atom stereocenters. The van der Waals surface area contributed by atoms with Crippen molar-refractivity contribution in [3.63, 3.8) is 0 Å². The molecule has 1 aliphatic rings. The van der Waals surface area contributed by atoms with Gasteiger partial charge in [-0.3, -0.25) is 4.90 Å². The number of likely N-dealkylation sites (N-methyl/N-ethyl adjacent to an activating group) is 1. The van der Waals surface area contributed by atoms with Gasteiger partial charge in [0.1, 0.15) is 11.5 Å². The predicted molar refractivity (Wildman–Crippen MR) is 132 cm³/mol. The van der Waals surface area contributed by atoms with E-state index in [0.29, 0.717) is 0 Å². The Morgan fingerprint density at radius 1 is 0.667 bits per heavy atom. The van der Waals surface area contributed by atoms with Crippen molar-refractivity contribution in [3.8, 4) is 23.0 Å². The van der Waals surface area contributed by atoms with E-state index in [1.807, 2.05) is 12.1 Å². The van der Waals surface area contributed by atoms with Gasteiger partial charge < -0.3 is 18.9 Å². The van der Waals surface area contributed by atoms with E-state index in [1.54, 1.807) is 28.4 Å². The van der Waals surface area contributed by atoms with Gasteiger partial charge in [-0.15, -0.1) is 0 Å². The first kappa shape index (κ1) is 21.4. The summed E-state index contributed by atoms with van der Waals surface area (Å²) in [5.74, 6) is 3.22. The summed E-state index contributed by atoms with van der Waals surface area (Å²) >= 11 is 0. The molecule has 5 heteroatoms. The Hall–Kier alpha value is -3.44. The summed E-state index contributed by atoms with van der Waals surface area (Å²) < 4.78 is 22.3. The molecule has 5 rings (SSSR count). The topological polar surface area (TPSA) is 40.2 Å². The SMILES string of the molecule is COc1ccc2cc(C3c4cc(OC)c(OC)cc4CCN3C)c3ccc(OC)cc3c2c1. The van der Waals surface area contributed by atoms with E-state index >= 15 is 0 Å². The standard InChI is InChI=1S/C28H29NO4/c1-29-11-10-18-13-26(32-4)27(33-5)16-23(18)28(29)25-12-17-6-7-19(30-2)14-22(17)24-15-20(31-3)8-9-21(24)25/h6-9,12-16,28H,10-11H2,1-5H3. The fourth-order valence-corrected chi connectivity index (χ4v) is 5.09. The van der Waals surface area contributed by atoms with Gasteiger partial charge in [0.15, 0.2) is 11.5 Å². The van der Waals surface area contributed by atoms with Gasteiger partial charge in [0.25, 0.3) is 0 Å². The molecule has 0 amide bonds. The molecule has 33 heavy (non-hydrogen) atoms. The van der Waals surface area contributed by atoms with Crippen molar-refractivity contribution >= 4 is 21.5 Å². The van der Waals surface area contributed by atoms with Crippen molar-refractivity contribution < 1.29 is 18.9 Å². The molecule has 0 aliphatic carbocycles. The quantitative estimate of drug-likeness (QED) is 0.375. The summed E-state index contributed by atoms with van der Waals surface area (Å²) in [7, 11) is 8.98. The molecule has 1 unspecified atom stereocenters. The number of benzene rings is 4. The largest absolute Gasteiger partial charge is 0.497 e. The lowest BCUT2D eigenvalue weighted by Gasteiger charge is -2.36. The smallest absolute Gasteiger partial charge is 0.161 e. The van der Waals surface area contributed by atoms with Crippen LogP contribution in [0.4, 0.5) is 0 Å². The molecule has 0 fully saturated rings. The third kappa shape index (κ3) is 3.53. The number of hydrogen-bond donors (Lipinski definition) is 0. The zero-order valence-corrected chi connectivity index (χ0v) is 19.8. The minimum Gasteiger partial charge on any atom is -0.497 e. The van der Waals surface area contributed by atoms with Gasteiger partial charge in [0.2, 0.25) is 0 Å². The van der Waals surface area contributed by atoms with Gasteiger partial charge in [-0.05, 0) is 94.2 Å². The van der Waals surface area contributed by atoms with E-state index in [4.69, 9.17) is 18.9 Å². The highest BCUT2D eigenvalue weighted by Gasteiger charge is 2.30. The van der Waals surface area contributed by atoms with Crippen LogP contribution < -0.4 is 18.9 Å². The molecular formula is C28H29NO4. The normalized spacial score (nSPS) is 16.0. The van der Waals surface area contributed by atoms with E-state index in [9.17, 15) is 0 Å². The average Bonchev–Trinajstić information content (AvgIpc) is 2.86. The lowest BCUT2D eigenvalue weighted by Crippen LogP contribution is -2.33. The maximum absolute atomic E-state index is 5.66. The molecule has 0 bridgehead atoms. The van der Waals surface area contributed by atoms with Crippen LogP contribution in [0, 0.1) is 0 Å². The van der Waals surface area contributed by atoms with Crippen LogP contribution in [0.3, 0.4) is 0 Å². The summed E-state index contributed by atoms with van der Waals surface area (Å²) in [5.41, 5.74) is 3.82. The second-order valence-electron chi connectivity index (χ2n) is 8.50. The second-order valence-corrected chi connectivity index (χ2v) is 8.50. The number of methoxy groups -OCH3 is 4. The maximum atomic E-state index is 5.66. The Bertz CT molecular complexity index is 1350. The molecule has 1 heterocycles. The minimum absolute atomic E-state index is 0.0935. The molecule has 170 valence electrons. The van der Waals surface area contributed by atoms with Crippen molar-refractivity contribution in [1.82, 2.24) is 4.90 Å². The third-order valence-electron chi connectivity index (χ3n) is 6.81. The highest BCUT2D eigenvalue weighted by molar-refractivity contribution is 6.10. The highest BCUT2D eigenvalue weighted by Crippen LogP contribution is 2.44. The van der Waals surface area contributed by atoms with Crippen molar-refractivity contribution in [1.29, 1.82) is 0 Å². The fraction of sp³-hybridized carbons (Fsp3) is 0.286. The monoisotopic (exact) mass is 443 g/mol. The van der Waals surface area contributed by atoms with Gasteiger partial charge in [0, 0.05) is 6.54 Å². The first-order valence-corrected chi connectivity index (χ1v) is 11.1. The molecule has 0 saturated carbocycles. The highest BCUT2D eigenvalue weighted by atomic mass is 16.5. The Morgan fingerprint density at radius 2 is 1.33 bits per heavy atom. The lowest BCUT2D eigenvalue weighted by atomic mass is 9.84. The van der Waals surface area contributed by atoms with Crippen LogP contribution in [0.15, 0.2) is 54.6 Å². The third-order valence-corrected chi connectivity index (χ3v) is 6.81. The summed E-state index contributed by atoms with van der Waals surface area (Å²) in [6.45, 7) is 0.964. The van der Waals surface area contributed by atoms with Gasteiger partial charge >= 0.3 is 0 Å². The van der Waals surface area contributed by atoms with Gasteiger partial charge in [-0.2, -0.15) is 0 Å². The Balaban J connectivity index is 1.81. The van der Waals surface area contributed by atoms with Crippen LogP contribution in [0.2, 0.25) is 0 Å². The first-order valence-electron chi connectivity index (χ1n) is 11.1. The van der Waals surface area contributed by atoms with Crippen LogP contribution in [-0.4, -0.2) is 46.9 Å². The Labute approximate surface area is 194 Å². The zero-order chi connectivity index (χ0) is 23.1. The van der Waals surface area contributed by atoms with E-state index in [-0.39, 0.29) is 6.04 Å². The van der Waals surface area contributed by atoms with Gasteiger partial charge in [-0.25, -0.2) is 0 Å². The van der Waals surface area contributed by atoms with Crippen LogP contribution >= 0.6 is 0 Å². The number of fused-ring (bicyclic) bond motifs is 4. The van der Waals surface area contributed by atoms with Crippen LogP contribution in [0.1, 0.15) is 22.7 Å².